The molecule has 6 aromatic rings. The van der Waals surface area contributed by atoms with Crippen molar-refractivity contribution in [3.63, 3.8) is 0 Å². The van der Waals surface area contributed by atoms with E-state index in [4.69, 9.17) is 0 Å². The van der Waals surface area contributed by atoms with Crippen molar-refractivity contribution in [1.29, 1.82) is 0 Å². The SMILES string of the molecule is Cc1cccc2c1-c1ccccc1C(C)(C)c1ccccc1[Si](c1ccccc1)(c1ccccc1)c1ccccc1-2. The molecule has 0 nitrogen and oxygen atoms in total. The number of rotatable bonds is 2. The standard InChI is InChI=1S/C40H34Si/c1-29-17-16-24-33-32-22-11-14-27-37(32)41(30-18-6-4-7-19-30,31-20-8-5-9-21-31)38-28-15-13-26-36(38)40(2,3)35-25-12-10-23-34(35)39(29)33/h4-28H,1-3H3. The first kappa shape index (κ1) is 25.5. The predicted octanol–water partition coefficient (Wildman–Crippen LogP) is 7.35. The molecule has 0 aliphatic carbocycles. The lowest BCUT2D eigenvalue weighted by molar-refractivity contribution is 0.646. The van der Waals surface area contributed by atoms with E-state index in [9.17, 15) is 0 Å². The van der Waals surface area contributed by atoms with Crippen molar-refractivity contribution in [1.82, 2.24) is 0 Å². The van der Waals surface area contributed by atoms with Crippen LogP contribution >= 0.6 is 0 Å². The third kappa shape index (κ3) is 3.80. The van der Waals surface area contributed by atoms with Crippen molar-refractivity contribution in [2.45, 2.75) is 26.2 Å². The first-order chi connectivity index (χ1) is 20.0. The van der Waals surface area contributed by atoms with Crippen molar-refractivity contribution in [2.24, 2.45) is 0 Å². The van der Waals surface area contributed by atoms with Crippen LogP contribution in [-0.2, 0) is 5.41 Å². The van der Waals surface area contributed by atoms with Gasteiger partial charge in [0, 0.05) is 5.41 Å². The zero-order valence-corrected chi connectivity index (χ0v) is 24.9. The third-order valence-electron chi connectivity index (χ3n) is 9.18. The summed E-state index contributed by atoms with van der Waals surface area (Å²) >= 11 is 0. The molecular formula is C40H34Si. The van der Waals surface area contributed by atoms with Gasteiger partial charge in [-0.15, -0.1) is 0 Å². The van der Waals surface area contributed by atoms with E-state index in [2.05, 4.69) is 172 Å². The molecule has 1 aliphatic heterocycles. The molecule has 41 heavy (non-hydrogen) atoms. The molecule has 0 fully saturated rings. The molecule has 0 atom stereocenters. The Morgan fingerprint density at radius 2 is 0.902 bits per heavy atom. The summed E-state index contributed by atoms with van der Waals surface area (Å²) < 4.78 is 0. The van der Waals surface area contributed by atoms with Gasteiger partial charge in [-0.05, 0) is 66.6 Å². The third-order valence-corrected chi connectivity index (χ3v) is 14.1. The van der Waals surface area contributed by atoms with Crippen molar-refractivity contribution in [3.8, 4) is 22.3 Å². The maximum Gasteiger partial charge on any atom is 0.180 e. The van der Waals surface area contributed by atoms with Crippen molar-refractivity contribution < 1.29 is 0 Å². The molecule has 0 saturated heterocycles. The van der Waals surface area contributed by atoms with E-state index >= 15 is 0 Å². The van der Waals surface area contributed by atoms with Gasteiger partial charge >= 0.3 is 0 Å². The van der Waals surface area contributed by atoms with Crippen LogP contribution in [0.3, 0.4) is 0 Å². The van der Waals surface area contributed by atoms with Gasteiger partial charge in [0.1, 0.15) is 0 Å². The van der Waals surface area contributed by atoms with Crippen LogP contribution in [0.4, 0.5) is 0 Å². The summed E-state index contributed by atoms with van der Waals surface area (Å²) in [6.07, 6.45) is 0. The molecule has 0 amide bonds. The van der Waals surface area contributed by atoms with Crippen molar-refractivity contribution in [2.75, 3.05) is 0 Å². The smallest absolute Gasteiger partial charge is 0.0623 e. The molecule has 198 valence electrons. The highest BCUT2D eigenvalue weighted by atomic mass is 28.3. The summed E-state index contributed by atoms with van der Waals surface area (Å²) in [5.74, 6) is 0. The maximum atomic E-state index is 2.43. The Bertz CT molecular complexity index is 1830. The summed E-state index contributed by atoms with van der Waals surface area (Å²) in [7, 11) is -2.81. The van der Waals surface area contributed by atoms with E-state index in [1.807, 2.05) is 0 Å². The average molecular weight is 543 g/mol. The number of hydrogen-bond acceptors (Lipinski definition) is 0. The normalized spacial score (nSPS) is 14.6. The van der Waals surface area contributed by atoms with Crippen LogP contribution in [0.15, 0.2) is 152 Å². The molecule has 6 aromatic carbocycles. The lowest BCUT2D eigenvalue weighted by Gasteiger charge is -2.42. The van der Waals surface area contributed by atoms with Crippen molar-refractivity contribution in [3.05, 3.63) is 168 Å². The zero-order chi connectivity index (χ0) is 28.0. The topological polar surface area (TPSA) is 0 Å². The quantitative estimate of drug-likeness (QED) is 0.201. The Morgan fingerprint density at radius 3 is 1.56 bits per heavy atom. The Hall–Kier alpha value is -4.46. The van der Waals surface area contributed by atoms with Gasteiger partial charge in [0.2, 0.25) is 0 Å². The molecule has 1 heterocycles. The van der Waals surface area contributed by atoms with Gasteiger partial charge in [0.15, 0.2) is 8.07 Å². The van der Waals surface area contributed by atoms with Gasteiger partial charge in [-0.1, -0.05) is 166 Å². The molecule has 0 aromatic heterocycles. The summed E-state index contributed by atoms with van der Waals surface area (Å²) in [6.45, 7) is 7.11. The fourth-order valence-corrected chi connectivity index (χ4v) is 12.7. The maximum absolute atomic E-state index is 2.81. The summed E-state index contributed by atoms with van der Waals surface area (Å²) in [5.41, 5.74) is 9.14. The highest BCUT2D eigenvalue weighted by Crippen LogP contribution is 2.43. The van der Waals surface area contributed by atoms with Crippen LogP contribution in [0, 0.1) is 6.92 Å². The number of fused-ring (bicyclic) bond motifs is 6. The molecule has 1 aliphatic rings. The zero-order valence-electron chi connectivity index (χ0n) is 23.9. The summed E-state index contributed by atoms with van der Waals surface area (Å²) in [5, 5.41) is 5.71. The van der Waals surface area contributed by atoms with Gasteiger partial charge in [0.25, 0.3) is 0 Å². The van der Waals surface area contributed by atoms with Crippen LogP contribution in [0.2, 0.25) is 0 Å². The van der Waals surface area contributed by atoms with Crippen LogP contribution in [-0.4, -0.2) is 8.07 Å². The molecule has 0 unspecified atom stereocenters. The van der Waals surface area contributed by atoms with E-state index in [0.29, 0.717) is 0 Å². The molecule has 0 radical (unpaired) electrons. The fourth-order valence-electron chi connectivity index (χ4n) is 7.35. The molecule has 0 spiro atoms. The first-order valence-electron chi connectivity index (χ1n) is 14.5. The van der Waals surface area contributed by atoms with E-state index in [1.54, 1.807) is 0 Å². The van der Waals surface area contributed by atoms with E-state index < -0.39 is 8.07 Å². The Balaban J connectivity index is 1.79. The minimum absolute atomic E-state index is 0.235. The second-order valence-corrected chi connectivity index (χ2v) is 15.5. The van der Waals surface area contributed by atoms with Gasteiger partial charge in [-0.2, -0.15) is 0 Å². The monoisotopic (exact) mass is 542 g/mol. The van der Waals surface area contributed by atoms with Crippen LogP contribution in [0.25, 0.3) is 22.3 Å². The second kappa shape index (κ2) is 9.87. The highest BCUT2D eigenvalue weighted by molar-refractivity contribution is 7.20. The van der Waals surface area contributed by atoms with E-state index in [-0.39, 0.29) is 5.41 Å². The number of hydrogen-bond donors (Lipinski definition) is 0. The Kier molecular flexibility index (Phi) is 6.14. The lowest BCUT2D eigenvalue weighted by atomic mass is 9.73. The molecule has 0 N–H and O–H groups in total. The minimum Gasteiger partial charge on any atom is -0.0623 e. The molecule has 7 rings (SSSR count). The Morgan fingerprint density at radius 1 is 0.415 bits per heavy atom. The van der Waals surface area contributed by atoms with E-state index in [0.717, 1.165) is 0 Å². The van der Waals surface area contributed by atoms with Gasteiger partial charge in [-0.3, -0.25) is 0 Å². The van der Waals surface area contributed by atoms with Crippen LogP contribution in [0.5, 0.6) is 0 Å². The number of aryl methyl sites for hydroxylation is 1. The molecule has 1 heteroatoms. The minimum atomic E-state index is -2.81. The summed E-state index contributed by atoms with van der Waals surface area (Å²) in [6, 6.07) is 57.1. The molecule has 0 saturated carbocycles. The largest absolute Gasteiger partial charge is 0.180 e. The fraction of sp³-hybridized carbons (Fsp3) is 0.100. The highest BCUT2D eigenvalue weighted by Gasteiger charge is 2.47. The lowest BCUT2D eigenvalue weighted by Crippen LogP contribution is -2.76. The van der Waals surface area contributed by atoms with Gasteiger partial charge in [-0.25, -0.2) is 0 Å². The predicted molar refractivity (Wildman–Crippen MR) is 178 cm³/mol. The van der Waals surface area contributed by atoms with Crippen molar-refractivity contribution >= 4 is 28.8 Å². The summed E-state index contributed by atoms with van der Waals surface area (Å²) in [4.78, 5) is 0. The van der Waals surface area contributed by atoms with Crippen LogP contribution < -0.4 is 20.7 Å². The van der Waals surface area contributed by atoms with Gasteiger partial charge in [0.05, 0.1) is 0 Å². The average Bonchev–Trinajstić information content (AvgIpc) is 3.03. The number of benzene rings is 6. The van der Waals surface area contributed by atoms with E-state index in [1.165, 1.54) is 59.7 Å². The van der Waals surface area contributed by atoms with Crippen LogP contribution in [0.1, 0.15) is 30.5 Å². The Labute approximate surface area is 245 Å². The molecular weight excluding hydrogens is 509 g/mol. The first-order valence-corrected chi connectivity index (χ1v) is 16.5. The van der Waals surface area contributed by atoms with Gasteiger partial charge < -0.3 is 0 Å². The molecule has 0 bridgehead atoms. The second-order valence-electron chi connectivity index (χ2n) is 11.7.